The highest BCUT2D eigenvalue weighted by molar-refractivity contribution is 5.95. The Labute approximate surface area is 114 Å². The average Bonchev–Trinajstić information content (AvgIpc) is 2.40. The molecule has 0 unspecified atom stereocenters. The van der Waals surface area contributed by atoms with Gasteiger partial charge in [0.15, 0.2) is 0 Å². The van der Waals surface area contributed by atoms with Crippen LogP contribution in [0.2, 0.25) is 0 Å². The Morgan fingerprint density at radius 1 is 1.32 bits per heavy atom. The third-order valence-electron chi connectivity index (χ3n) is 3.79. The summed E-state index contributed by atoms with van der Waals surface area (Å²) < 4.78 is 0. The summed E-state index contributed by atoms with van der Waals surface area (Å²) in [7, 11) is 0. The molecule has 1 amide bonds. The van der Waals surface area contributed by atoms with Gasteiger partial charge in [-0.1, -0.05) is 0 Å². The first-order valence-electron chi connectivity index (χ1n) is 6.91. The minimum Gasteiger partial charge on any atom is -0.352 e. The van der Waals surface area contributed by atoms with Crippen LogP contribution < -0.4 is 11.1 Å². The molecule has 0 aromatic carbocycles. The number of carbonyl (C=O) groups excluding carboxylic acids is 1. The highest BCUT2D eigenvalue weighted by Crippen LogP contribution is 2.22. The van der Waals surface area contributed by atoms with Gasteiger partial charge < -0.3 is 11.1 Å². The molecule has 5 nitrogen and oxygen atoms in total. The van der Waals surface area contributed by atoms with E-state index in [9.17, 15) is 4.79 Å². The van der Waals surface area contributed by atoms with Crippen LogP contribution in [0.15, 0.2) is 6.07 Å². The Hall–Kier alpha value is -1.49. The molecule has 0 saturated heterocycles. The van der Waals surface area contributed by atoms with E-state index >= 15 is 0 Å². The Bertz CT molecular complexity index is 453. The van der Waals surface area contributed by atoms with Gasteiger partial charge in [-0.05, 0) is 51.5 Å². The number of hydrogen-bond acceptors (Lipinski definition) is 4. The van der Waals surface area contributed by atoms with E-state index in [0.29, 0.717) is 23.2 Å². The lowest BCUT2D eigenvalue weighted by molar-refractivity contribution is 0.0941. The lowest BCUT2D eigenvalue weighted by Gasteiger charge is -2.26. The number of aromatic nitrogens is 2. The van der Waals surface area contributed by atoms with Crippen LogP contribution in [0.1, 0.15) is 47.4 Å². The van der Waals surface area contributed by atoms with Gasteiger partial charge in [0.25, 0.3) is 5.91 Å². The van der Waals surface area contributed by atoms with Crippen LogP contribution in [-0.4, -0.2) is 28.7 Å². The van der Waals surface area contributed by atoms with Crippen molar-refractivity contribution in [3.05, 3.63) is 23.0 Å². The molecule has 1 aromatic rings. The minimum absolute atomic E-state index is 0.0506. The van der Waals surface area contributed by atoms with E-state index in [1.807, 2.05) is 6.92 Å². The van der Waals surface area contributed by atoms with Crippen molar-refractivity contribution < 1.29 is 4.79 Å². The molecule has 0 spiro atoms. The molecule has 104 valence electrons. The van der Waals surface area contributed by atoms with Crippen molar-refractivity contribution in [2.24, 2.45) is 11.7 Å². The fourth-order valence-electron chi connectivity index (χ4n) is 2.50. The summed E-state index contributed by atoms with van der Waals surface area (Å²) in [5.74, 6) is 0.505. The van der Waals surface area contributed by atoms with Crippen LogP contribution in [-0.2, 0) is 0 Å². The zero-order valence-electron chi connectivity index (χ0n) is 11.6. The molecule has 19 heavy (non-hydrogen) atoms. The second-order valence-electron chi connectivity index (χ2n) is 5.48. The molecule has 0 radical (unpaired) electrons. The van der Waals surface area contributed by atoms with E-state index in [1.54, 1.807) is 13.0 Å². The highest BCUT2D eigenvalue weighted by atomic mass is 16.1. The SMILES string of the molecule is Cc1cc(C(=O)NCC2CCC(N)CC2)c(C)nn1. The van der Waals surface area contributed by atoms with E-state index in [4.69, 9.17) is 5.73 Å². The smallest absolute Gasteiger partial charge is 0.253 e. The van der Waals surface area contributed by atoms with Gasteiger partial charge in [0.2, 0.25) is 0 Å². The molecule has 0 aliphatic heterocycles. The topological polar surface area (TPSA) is 80.9 Å². The molecule has 3 N–H and O–H groups in total. The molecule has 1 fully saturated rings. The quantitative estimate of drug-likeness (QED) is 0.861. The Balaban J connectivity index is 1.89. The predicted molar refractivity (Wildman–Crippen MR) is 73.8 cm³/mol. The van der Waals surface area contributed by atoms with Crippen molar-refractivity contribution in [1.29, 1.82) is 0 Å². The maximum atomic E-state index is 12.1. The third kappa shape index (κ3) is 3.73. The summed E-state index contributed by atoms with van der Waals surface area (Å²) >= 11 is 0. The Kier molecular flexibility index (Phi) is 4.47. The van der Waals surface area contributed by atoms with Gasteiger partial charge >= 0.3 is 0 Å². The van der Waals surface area contributed by atoms with Crippen molar-refractivity contribution >= 4 is 5.91 Å². The van der Waals surface area contributed by atoms with Gasteiger partial charge in [0, 0.05) is 12.6 Å². The first-order chi connectivity index (χ1) is 9.06. The maximum Gasteiger partial charge on any atom is 0.253 e. The van der Waals surface area contributed by atoms with Gasteiger partial charge in [-0.15, -0.1) is 0 Å². The third-order valence-corrected chi connectivity index (χ3v) is 3.79. The van der Waals surface area contributed by atoms with Gasteiger partial charge in [0.05, 0.1) is 17.0 Å². The van der Waals surface area contributed by atoms with Crippen molar-refractivity contribution in [3.63, 3.8) is 0 Å². The molecule has 1 saturated carbocycles. The number of nitrogens with zero attached hydrogens (tertiary/aromatic N) is 2. The molecular formula is C14H22N4O. The van der Waals surface area contributed by atoms with Crippen molar-refractivity contribution in [2.75, 3.05) is 6.54 Å². The zero-order valence-corrected chi connectivity index (χ0v) is 11.6. The zero-order chi connectivity index (χ0) is 13.8. The van der Waals surface area contributed by atoms with Gasteiger partial charge in [-0.2, -0.15) is 10.2 Å². The van der Waals surface area contributed by atoms with Crippen LogP contribution in [0.25, 0.3) is 0 Å². The fraction of sp³-hybridized carbons (Fsp3) is 0.643. The van der Waals surface area contributed by atoms with Crippen LogP contribution in [0.3, 0.4) is 0 Å². The monoisotopic (exact) mass is 262 g/mol. The number of carbonyl (C=O) groups is 1. The molecule has 1 aliphatic rings. The molecule has 0 atom stereocenters. The normalized spacial score (nSPS) is 23.1. The van der Waals surface area contributed by atoms with Crippen molar-refractivity contribution in [3.8, 4) is 0 Å². The lowest BCUT2D eigenvalue weighted by atomic mass is 9.86. The summed E-state index contributed by atoms with van der Waals surface area (Å²) in [6, 6.07) is 2.13. The lowest BCUT2D eigenvalue weighted by Crippen LogP contribution is -2.34. The summed E-state index contributed by atoms with van der Waals surface area (Å²) in [4.78, 5) is 12.1. The molecule has 0 bridgehead atoms. The maximum absolute atomic E-state index is 12.1. The molecule has 1 aliphatic carbocycles. The van der Waals surface area contributed by atoms with E-state index in [0.717, 1.165) is 37.9 Å². The largest absolute Gasteiger partial charge is 0.352 e. The van der Waals surface area contributed by atoms with Crippen molar-refractivity contribution in [1.82, 2.24) is 15.5 Å². The number of hydrogen-bond donors (Lipinski definition) is 2. The molecule has 1 heterocycles. The number of nitrogens with two attached hydrogens (primary N) is 1. The van der Waals surface area contributed by atoms with Gasteiger partial charge in [-0.3, -0.25) is 4.79 Å². The highest BCUT2D eigenvalue weighted by Gasteiger charge is 2.19. The number of aryl methyl sites for hydroxylation is 2. The van der Waals surface area contributed by atoms with Crippen LogP contribution in [0.4, 0.5) is 0 Å². The fourth-order valence-corrected chi connectivity index (χ4v) is 2.50. The Morgan fingerprint density at radius 2 is 2.00 bits per heavy atom. The van der Waals surface area contributed by atoms with E-state index in [1.165, 1.54) is 0 Å². The molecular weight excluding hydrogens is 240 g/mol. The molecule has 2 rings (SSSR count). The summed E-state index contributed by atoms with van der Waals surface area (Å²) in [6.45, 7) is 4.37. The number of rotatable bonds is 3. The Morgan fingerprint density at radius 3 is 2.68 bits per heavy atom. The average molecular weight is 262 g/mol. The summed E-state index contributed by atoms with van der Waals surface area (Å²) in [6.07, 6.45) is 4.34. The standard InChI is InChI=1S/C14H22N4O/c1-9-7-13(10(2)18-17-9)14(19)16-8-11-3-5-12(15)6-4-11/h7,11-12H,3-6,8,15H2,1-2H3,(H,16,19). The van der Waals surface area contributed by atoms with E-state index in [-0.39, 0.29) is 5.91 Å². The van der Waals surface area contributed by atoms with Gasteiger partial charge in [0.1, 0.15) is 0 Å². The summed E-state index contributed by atoms with van der Waals surface area (Å²) in [5.41, 5.74) is 7.94. The first kappa shape index (κ1) is 13.9. The number of amides is 1. The molecule has 5 heteroatoms. The second-order valence-corrected chi connectivity index (χ2v) is 5.48. The number of nitrogens with one attached hydrogen (secondary N) is 1. The minimum atomic E-state index is -0.0506. The predicted octanol–water partition coefficient (Wildman–Crippen LogP) is 1.34. The van der Waals surface area contributed by atoms with E-state index < -0.39 is 0 Å². The van der Waals surface area contributed by atoms with Crippen molar-refractivity contribution in [2.45, 2.75) is 45.6 Å². The van der Waals surface area contributed by atoms with Gasteiger partial charge in [-0.25, -0.2) is 0 Å². The first-order valence-corrected chi connectivity index (χ1v) is 6.91. The van der Waals surface area contributed by atoms with Crippen LogP contribution in [0, 0.1) is 19.8 Å². The van der Waals surface area contributed by atoms with Crippen LogP contribution >= 0.6 is 0 Å². The second kappa shape index (κ2) is 6.10. The summed E-state index contributed by atoms with van der Waals surface area (Å²) in [5, 5.41) is 10.9. The molecule has 1 aromatic heterocycles. The van der Waals surface area contributed by atoms with E-state index in [2.05, 4.69) is 15.5 Å². The van der Waals surface area contributed by atoms with Crippen LogP contribution in [0.5, 0.6) is 0 Å².